The van der Waals surface area contributed by atoms with Gasteiger partial charge in [0.15, 0.2) is 5.78 Å². The average Bonchev–Trinajstić information content (AvgIpc) is 2.72. The summed E-state index contributed by atoms with van der Waals surface area (Å²) in [5.74, 6) is -0.820. The summed E-state index contributed by atoms with van der Waals surface area (Å²) in [4.78, 5) is 35.8. The van der Waals surface area contributed by atoms with E-state index in [1.807, 2.05) is 13.0 Å². The van der Waals surface area contributed by atoms with Gasteiger partial charge in [0, 0.05) is 18.2 Å². The molecule has 30 heavy (non-hydrogen) atoms. The van der Waals surface area contributed by atoms with Gasteiger partial charge in [-0.25, -0.2) is 9.59 Å². The van der Waals surface area contributed by atoms with Crippen molar-refractivity contribution in [2.45, 2.75) is 58.8 Å². The van der Waals surface area contributed by atoms with E-state index in [0.717, 1.165) is 19.3 Å². The normalized spacial score (nSPS) is 13.0. The molecule has 7 heteroatoms. The molecule has 0 saturated heterocycles. The molecule has 0 bridgehead atoms. The van der Waals surface area contributed by atoms with Crippen LogP contribution in [-0.2, 0) is 4.74 Å². The predicted molar refractivity (Wildman–Crippen MR) is 116 cm³/mol. The van der Waals surface area contributed by atoms with Crippen molar-refractivity contribution in [1.29, 1.82) is 0 Å². The van der Waals surface area contributed by atoms with Gasteiger partial charge in [-0.2, -0.15) is 0 Å². The lowest BCUT2D eigenvalue weighted by molar-refractivity contribution is 0.102. The van der Waals surface area contributed by atoms with Crippen molar-refractivity contribution in [2.24, 2.45) is 0 Å². The summed E-state index contributed by atoms with van der Waals surface area (Å²) >= 11 is 0. The number of hydrogen-bond acceptors (Lipinski definition) is 6. The molecule has 0 radical (unpaired) electrons. The van der Waals surface area contributed by atoms with E-state index < -0.39 is 17.5 Å². The topological polar surface area (TPSA) is 106 Å². The summed E-state index contributed by atoms with van der Waals surface area (Å²) in [6.07, 6.45) is 12.3. The molecule has 1 rings (SSSR count). The highest BCUT2D eigenvalue weighted by Gasteiger charge is 2.21. The third-order valence-corrected chi connectivity index (χ3v) is 4.50. The first-order chi connectivity index (χ1) is 14.3. The highest BCUT2D eigenvalue weighted by molar-refractivity contribution is 6.09. The number of carbonyl (C=O) groups excluding carboxylic acids is 2. The fourth-order valence-electron chi connectivity index (χ4n) is 2.61. The second-order valence-electron chi connectivity index (χ2n) is 6.96. The van der Waals surface area contributed by atoms with Gasteiger partial charge in [0.2, 0.25) is 0 Å². The number of methoxy groups -OCH3 is 1. The van der Waals surface area contributed by atoms with Crippen LogP contribution in [0.3, 0.4) is 0 Å². The quantitative estimate of drug-likeness (QED) is 0.228. The molecule has 0 saturated carbocycles. The molecule has 0 aliphatic carbocycles. The minimum atomic E-state index is -0.854. The zero-order valence-electron chi connectivity index (χ0n) is 18.1. The number of alkyl carbamates (subject to hydrolysis) is 1. The number of aromatic hydroxyl groups is 1. The third-order valence-electron chi connectivity index (χ3n) is 4.50. The SMILES string of the molecule is CCCC/C=C/C=C(\C)C(=O)c1c(O)cc(C(C)CC/C=C/NC(=O)OC)oc1=O. The summed E-state index contributed by atoms with van der Waals surface area (Å²) in [6.45, 7) is 5.54. The first-order valence-corrected chi connectivity index (χ1v) is 10.1. The molecular formula is C23H31NO6. The number of unbranched alkanes of at least 4 members (excludes halogenated alkanes) is 2. The number of ether oxygens (including phenoxy) is 1. The van der Waals surface area contributed by atoms with Crippen molar-refractivity contribution in [3.63, 3.8) is 0 Å². The lowest BCUT2D eigenvalue weighted by atomic mass is 10.00. The van der Waals surface area contributed by atoms with Gasteiger partial charge in [0.25, 0.3) is 0 Å². The zero-order valence-corrected chi connectivity index (χ0v) is 18.1. The second-order valence-corrected chi connectivity index (χ2v) is 6.96. The minimum Gasteiger partial charge on any atom is -0.507 e. The average molecular weight is 418 g/mol. The molecular weight excluding hydrogens is 386 g/mol. The summed E-state index contributed by atoms with van der Waals surface area (Å²) in [5.41, 5.74) is -0.870. The van der Waals surface area contributed by atoms with Gasteiger partial charge in [-0.3, -0.25) is 10.1 Å². The number of carbonyl (C=O) groups is 2. The van der Waals surface area contributed by atoms with Crippen molar-refractivity contribution in [3.8, 4) is 5.75 Å². The molecule has 0 spiro atoms. The van der Waals surface area contributed by atoms with Crippen LogP contribution >= 0.6 is 0 Å². The van der Waals surface area contributed by atoms with Gasteiger partial charge < -0.3 is 14.3 Å². The monoisotopic (exact) mass is 417 g/mol. The van der Waals surface area contributed by atoms with E-state index in [-0.39, 0.29) is 17.2 Å². The van der Waals surface area contributed by atoms with E-state index in [2.05, 4.69) is 17.0 Å². The van der Waals surface area contributed by atoms with E-state index in [1.165, 1.54) is 19.4 Å². The third kappa shape index (κ3) is 8.11. The number of Topliss-reactive ketones (excluding diaryl/α,β-unsaturated/α-hetero) is 1. The maximum Gasteiger partial charge on any atom is 0.410 e. The fraction of sp³-hybridized carbons (Fsp3) is 0.435. The van der Waals surface area contributed by atoms with Crippen LogP contribution < -0.4 is 10.9 Å². The molecule has 1 heterocycles. The number of allylic oxidation sites excluding steroid dienone is 5. The molecule has 1 aromatic heterocycles. The van der Waals surface area contributed by atoms with Crippen molar-refractivity contribution < 1.29 is 23.8 Å². The van der Waals surface area contributed by atoms with Crippen molar-refractivity contribution in [3.05, 3.63) is 63.9 Å². The second kappa shape index (κ2) is 13.2. The van der Waals surface area contributed by atoms with Crippen LogP contribution in [0.25, 0.3) is 0 Å². The number of hydrogen-bond donors (Lipinski definition) is 2. The lowest BCUT2D eigenvalue weighted by Gasteiger charge is -2.11. The number of nitrogens with one attached hydrogen (secondary N) is 1. The molecule has 0 aliphatic heterocycles. The van der Waals surface area contributed by atoms with E-state index in [4.69, 9.17) is 4.42 Å². The number of amides is 1. The van der Waals surface area contributed by atoms with Gasteiger partial charge in [-0.1, -0.05) is 51.0 Å². The molecule has 0 aromatic carbocycles. The van der Waals surface area contributed by atoms with Crippen LogP contribution in [0.5, 0.6) is 5.75 Å². The highest BCUT2D eigenvalue weighted by atomic mass is 16.5. The van der Waals surface area contributed by atoms with E-state index in [0.29, 0.717) is 24.2 Å². The Labute approximate surface area is 177 Å². The van der Waals surface area contributed by atoms with Crippen LogP contribution in [0, 0.1) is 0 Å². The molecule has 1 aromatic rings. The Balaban J connectivity index is 2.82. The van der Waals surface area contributed by atoms with E-state index >= 15 is 0 Å². The summed E-state index contributed by atoms with van der Waals surface area (Å²) in [7, 11) is 1.27. The Hall–Kier alpha value is -3.09. The molecule has 1 amide bonds. The summed E-state index contributed by atoms with van der Waals surface area (Å²) in [5, 5.41) is 12.7. The van der Waals surface area contributed by atoms with Crippen LogP contribution in [-0.4, -0.2) is 24.1 Å². The minimum absolute atomic E-state index is 0.173. The molecule has 0 fully saturated rings. The number of rotatable bonds is 11. The Morgan fingerprint density at radius 3 is 2.67 bits per heavy atom. The van der Waals surface area contributed by atoms with Crippen LogP contribution in [0.15, 0.2) is 51.4 Å². The van der Waals surface area contributed by atoms with Gasteiger partial charge in [-0.05, 0) is 31.8 Å². The molecule has 2 N–H and O–H groups in total. The molecule has 0 aliphatic rings. The van der Waals surface area contributed by atoms with Crippen molar-refractivity contribution >= 4 is 11.9 Å². The smallest absolute Gasteiger partial charge is 0.410 e. The van der Waals surface area contributed by atoms with Gasteiger partial charge in [0.1, 0.15) is 17.1 Å². The van der Waals surface area contributed by atoms with Gasteiger partial charge >= 0.3 is 11.7 Å². The first-order valence-electron chi connectivity index (χ1n) is 10.1. The fourth-order valence-corrected chi connectivity index (χ4v) is 2.61. The summed E-state index contributed by atoms with van der Waals surface area (Å²) in [6, 6.07) is 1.32. The van der Waals surface area contributed by atoms with Crippen LogP contribution in [0.1, 0.15) is 74.9 Å². The Morgan fingerprint density at radius 1 is 1.30 bits per heavy atom. The van der Waals surface area contributed by atoms with Gasteiger partial charge in [0.05, 0.1) is 7.11 Å². The molecule has 1 unspecified atom stereocenters. The van der Waals surface area contributed by atoms with Gasteiger partial charge in [-0.15, -0.1) is 0 Å². The molecule has 1 atom stereocenters. The van der Waals surface area contributed by atoms with Crippen molar-refractivity contribution in [1.82, 2.24) is 5.32 Å². The molecule has 164 valence electrons. The largest absolute Gasteiger partial charge is 0.507 e. The van der Waals surface area contributed by atoms with E-state index in [1.54, 1.807) is 25.2 Å². The summed E-state index contributed by atoms with van der Waals surface area (Å²) < 4.78 is 9.74. The van der Waals surface area contributed by atoms with Crippen LogP contribution in [0.4, 0.5) is 4.79 Å². The Kier molecular flexibility index (Phi) is 11.0. The highest BCUT2D eigenvalue weighted by Crippen LogP contribution is 2.25. The Morgan fingerprint density at radius 2 is 2.03 bits per heavy atom. The standard InChI is InChI=1S/C23H31NO6/c1-5-6-7-8-9-13-17(3)21(26)20-18(25)15-19(30-22(20)27)16(2)12-10-11-14-24-23(28)29-4/h8-9,11,13-16,25H,5-7,10,12H2,1-4H3,(H,24,28)/b9-8+,14-11+,17-13+. The van der Waals surface area contributed by atoms with Crippen LogP contribution in [0.2, 0.25) is 0 Å². The lowest BCUT2D eigenvalue weighted by Crippen LogP contribution is -2.16. The molecule has 7 nitrogen and oxygen atoms in total. The zero-order chi connectivity index (χ0) is 22.5. The van der Waals surface area contributed by atoms with Crippen molar-refractivity contribution in [2.75, 3.05) is 7.11 Å². The predicted octanol–water partition coefficient (Wildman–Crippen LogP) is 4.97. The maximum atomic E-state index is 12.5. The van der Waals surface area contributed by atoms with E-state index in [9.17, 15) is 19.5 Å². The number of ketones is 1. The first kappa shape index (κ1) is 24.9. The Bertz CT molecular complexity index is 863. The maximum absolute atomic E-state index is 12.5.